The monoisotopic (exact) mass is 172 g/mol. The lowest BCUT2D eigenvalue weighted by Crippen LogP contribution is -1.85. The second-order valence-electron chi connectivity index (χ2n) is 1.10. The molecule has 0 atom stereocenters. The summed E-state index contributed by atoms with van der Waals surface area (Å²) < 4.78 is 0.514. The van der Waals surface area contributed by atoms with Crippen molar-refractivity contribution < 1.29 is 0 Å². The standard InChI is InChI=1S/C5H5BrN2/c1-4(3-7)5(6)8-2/h1H2,2H3. The van der Waals surface area contributed by atoms with Crippen molar-refractivity contribution in [3.63, 3.8) is 0 Å². The van der Waals surface area contributed by atoms with Gasteiger partial charge in [-0.25, -0.2) is 0 Å². The second-order valence-corrected chi connectivity index (χ2v) is 1.86. The Morgan fingerprint density at radius 1 is 1.88 bits per heavy atom. The summed E-state index contributed by atoms with van der Waals surface area (Å²) >= 11 is 3.03. The molecule has 0 saturated carbocycles. The predicted molar refractivity (Wildman–Crippen MR) is 37.0 cm³/mol. The van der Waals surface area contributed by atoms with Crippen LogP contribution < -0.4 is 0 Å². The van der Waals surface area contributed by atoms with Crippen LogP contribution in [0.2, 0.25) is 0 Å². The van der Waals surface area contributed by atoms with E-state index in [9.17, 15) is 0 Å². The van der Waals surface area contributed by atoms with Gasteiger partial charge in [0, 0.05) is 7.05 Å². The van der Waals surface area contributed by atoms with Gasteiger partial charge in [-0.3, -0.25) is 4.99 Å². The third kappa shape index (κ3) is 1.90. The van der Waals surface area contributed by atoms with E-state index < -0.39 is 0 Å². The van der Waals surface area contributed by atoms with Crippen LogP contribution in [0.4, 0.5) is 0 Å². The summed E-state index contributed by atoms with van der Waals surface area (Å²) in [6, 6.07) is 1.84. The van der Waals surface area contributed by atoms with E-state index in [1.54, 1.807) is 7.05 Å². The normalized spacial score (nSPS) is 10.4. The molecule has 0 aliphatic rings. The number of aliphatic imine (C=N–C) groups is 1. The summed E-state index contributed by atoms with van der Waals surface area (Å²) in [7, 11) is 1.59. The number of nitriles is 1. The Labute approximate surface area is 56.7 Å². The highest BCUT2D eigenvalue weighted by Crippen LogP contribution is 1.98. The van der Waals surface area contributed by atoms with Gasteiger partial charge in [0.15, 0.2) is 0 Å². The molecule has 0 aliphatic carbocycles. The fourth-order valence-corrected chi connectivity index (χ4v) is 0.270. The summed E-state index contributed by atoms with van der Waals surface area (Å²) in [5, 5.41) is 8.18. The van der Waals surface area contributed by atoms with Crippen LogP contribution in [0.15, 0.2) is 17.1 Å². The quantitative estimate of drug-likeness (QED) is 0.437. The van der Waals surface area contributed by atoms with Crippen LogP contribution in [0.3, 0.4) is 0 Å². The Kier molecular flexibility index (Phi) is 3.13. The van der Waals surface area contributed by atoms with Crippen LogP contribution in [-0.4, -0.2) is 11.7 Å². The highest BCUT2D eigenvalue weighted by Gasteiger charge is 1.93. The van der Waals surface area contributed by atoms with Gasteiger partial charge in [0.1, 0.15) is 10.7 Å². The number of allylic oxidation sites excluding steroid dienone is 1. The van der Waals surface area contributed by atoms with Crippen LogP contribution in [0.5, 0.6) is 0 Å². The molecule has 0 saturated heterocycles. The fourth-order valence-electron chi connectivity index (χ4n) is 0.181. The lowest BCUT2D eigenvalue weighted by atomic mass is 10.4. The largest absolute Gasteiger partial charge is 0.280 e. The third-order valence-electron chi connectivity index (χ3n) is 0.580. The van der Waals surface area contributed by atoms with Crippen LogP contribution in [0, 0.1) is 11.3 Å². The average molecular weight is 173 g/mol. The Morgan fingerprint density at radius 2 is 2.38 bits per heavy atom. The first-order valence-electron chi connectivity index (χ1n) is 1.94. The lowest BCUT2D eigenvalue weighted by molar-refractivity contribution is 1.45. The van der Waals surface area contributed by atoms with Gasteiger partial charge in [0.05, 0.1) is 5.57 Å². The number of hydrogen-bond donors (Lipinski definition) is 0. The minimum atomic E-state index is 0.354. The molecular weight excluding hydrogens is 168 g/mol. The van der Waals surface area contributed by atoms with E-state index in [4.69, 9.17) is 5.26 Å². The molecule has 0 aromatic rings. The van der Waals surface area contributed by atoms with Crippen molar-refractivity contribution in [3.8, 4) is 6.07 Å². The fraction of sp³-hybridized carbons (Fsp3) is 0.200. The van der Waals surface area contributed by atoms with E-state index in [0.29, 0.717) is 10.2 Å². The molecule has 3 heteroatoms. The van der Waals surface area contributed by atoms with E-state index >= 15 is 0 Å². The maximum atomic E-state index is 8.18. The van der Waals surface area contributed by atoms with E-state index in [-0.39, 0.29) is 0 Å². The summed E-state index contributed by atoms with van der Waals surface area (Å²) in [6.45, 7) is 3.41. The molecule has 0 amide bonds. The zero-order valence-electron chi connectivity index (χ0n) is 4.48. The molecule has 0 fully saturated rings. The number of hydrogen-bond acceptors (Lipinski definition) is 2. The molecule has 0 spiro atoms. The SMILES string of the molecule is C=C(C#N)C(Br)=NC. The maximum absolute atomic E-state index is 8.18. The van der Waals surface area contributed by atoms with Gasteiger partial charge in [0.2, 0.25) is 0 Å². The number of halogens is 1. The van der Waals surface area contributed by atoms with Crippen LogP contribution in [0.25, 0.3) is 0 Å². The molecule has 0 aromatic heterocycles. The Hall–Kier alpha value is -0.620. The molecule has 0 aromatic carbocycles. The van der Waals surface area contributed by atoms with E-state index in [1.807, 2.05) is 6.07 Å². The summed E-state index contributed by atoms with van der Waals surface area (Å²) in [4.78, 5) is 3.67. The van der Waals surface area contributed by atoms with Gasteiger partial charge >= 0.3 is 0 Å². The van der Waals surface area contributed by atoms with Gasteiger partial charge in [-0.2, -0.15) is 5.26 Å². The van der Waals surface area contributed by atoms with Gasteiger partial charge in [0.25, 0.3) is 0 Å². The number of rotatable bonds is 1. The minimum absolute atomic E-state index is 0.354. The molecule has 8 heavy (non-hydrogen) atoms. The van der Waals surface area contributed by atoms with Crippen LogP contribution in [-0.2, 0) is 0 Å². The summed E-state index contributed by atoms with van der Waals surface area (Å²) in [5.74, 6) is 0. The smallest absolute Gasteiger partial charge is 0.117 e. The van der Waals surface area contributed by atoms with Crippen molar-refractivity contribution in [3.05, 3.63) is 12.2 Å². The molecule has 42 valence electrons. The van der Waals surface area contributed by atoms with E-state index in [0.717, 1.165) is 0 Å². The Balaban J connectivity index is 4.10. The molecule has 0 heterocycles. The zero-order chi connectivity index (χ0) is 6.57. The minimum Gasteiger partial charge on any atom is -0.280 e. The predicted octanol–water partition coefficient (Wildman–Crippen LogP) is 1.49. The molecule has 2 nitrogen and oxygen atoms in total. The first kappa shape index (κ1) is 7.38. The maximum Gasteiger partial charge on any atom is 0.117 e. The molecule has 0 N–H and O–H groups in total. The molecular formula is C5H5BrN2. The van der Waals surface area contributed by atoms with E-state index in [1.165, 1.54) is 0 Å². The van der Waals surface area contributed by atoms with Gasteiger partial charge < -0.3 is 0 Å². The van der Waals surface area contributed by atoms with Crippen molar-refractivity contribution in [2.75, 3.05) is 7.05 Å². The zero-order valence-corrected chi connectivity index (χ0v) is 6.07. The Bertz CT molecular complexity index is 164. The summed E-state index contributed by atoms with van der Waals surface area (Å²) in [5.41, 5.74) is 0.354. The number of nitrogens with zero attached hydrogens (tertiary/aromatic N) is 2. The molecule has 0 rings (SSSR count). The van der Waals surface area contributed by atoms with Gasteiger partial charge in [-0.15, -0.1) is 0 Å². The average Bonchev–Trinajstić information content (AvgIpc) is 1.84. The molecule has 0 bridgehead atoms. The topological polar surface area (TPSA) is 36.1 Å². The highest BCUT2D eigenvalue weighted by atomic mass is 79.9. The van der Waals surface area contributed by atoms with Crippen LogP contribution >= 0.6 is 15.9 Å². The van der Waals surface area contributed by atoms with Crippen molar-refractivity contribution >= 4 is 20.6 Å². The van der Waals surface area contributed by atoms with E-state index in [2.05, 4.69) is 27.5 Å². The third-order valence-corrected chi connectivity index (χ3v) is 1.41. The van der Waals surface area contributed by atoms with Gasteiger partial charge in [-0.05, 0) is 15.9 Å². The highest BCUT2D eigenvalue weighted by molar-refractivity contribution is 9.18. The van der Waals surface area contributed by atoms with Crippen molar-refractivity contribution in [2.24, 2.45) is 4.99 Å². The molecule has 0 radical (unpaired) electrons. The second kappa shape index (κ2) is 3.39. The first-order valence-corrected chi connectivity index (χ1v) is 2.73. The van der Waals surface area contributed by atoms with Crippen LogP contribution in [0.1, 0.15) is 0 Å². The Morgan fingerprint density at radius 3 is 2.50 bits per heavy atom. The molecule has 0 aliphatic heterocycles. The van der Waals surface area contributed by atoms with Crippen molar-refractivity contribution in [2.45, 2.75) is 0 Å². The van der Waals surface area contributed by atoms with Crippen molar-refractivity contribution in [1.29, 1.82) is 5.26 Å². The van der Waals surface area contributed by atoms with Gasteiger partial charge in [-0.1, -0.05) is 6.58 Å². The lowest BCUT2D eigenvalue weighted by Gasteiger charge is -1.85. The van der Waals surface area contributed by atoms with Crippen molar-refractivity contribution in [1.82, 2.24) is 0 Å². The summed E-state index contributed by atoms with van der Waals surface area (Å²) in [6.07, 6.45) is 0. The molecule has 0 unspecified atom stereocenters. The first-order chi connectivity index (χ1) is 3.72.